The molecule has 2 nitrogen and oxygen atoms in total. The number of aryl methyl sites for hydroxylation is 1. The van der Waals surface area contributed by atoms with Crippen molar-refractivity contribution in [2.24, 2.45) is 0 Å². The van der Waals surface area contributed by atoms with Crippen molar-refractivity contribution in [3.8, 4) is 5.69 Å². The Morgan fingerprint density at radius 2 is 1.95 bits per heavy atom. The molecule has 3 aromatic rings. The van der Waals surface area contributed by atoms with Crippen molar-refractivity contribution in [2.75, 3.05) is 0 Å². The summed E-state index contributed by atoms with van der Waals surface area (Å²) in [7, 11) is 0. The lowest BCUT2D eigenvalue weighted by molar-refractivity contribution is -0.137. The zero-order chi connectivity index (χ0) is 15.5. The number of hydrogen-bond acceptors (Lipinski definition) is 2. The van der Waals surface area contributed by atoms with Crippen molar-refractivity contribution in [1.82, 2.24) is 9.55 Å². The molecule has 1 aliphatic heterocycles. The van der Waals surface area contributed by atoms with E-state index >= 15 is 0 Å². The zero-order valence-corrected chi connectivity index (χ0v) is 12.4. The SMILES string of the molecule is Cc1ccc2nc3n(c2c1)-c1ccc(C(F)(F)F)cc1CS3. The van der Waals surface area contributed by atoms with E-state index < -0.39 is 11.7 Å². The van der Waals surface area contributed by atoms with Crippen LogP contribution in [-0.2, 0) is 11.9 Å². The van der Waals surface area contributed by atoms with Gasteiger partial charge in [-0.2, -0.15) is 13.2 Å². The van der Waals surface area contributed by atoms with Crippen LogP contribution >= 0.6 is 11.8 Å². The Bertz CT molecular complexity index is 896. The second kappa shape index (κ2) is 4.52. The lowest BCUT2D eigenvalue weighted by Crippen LogP contribution is -2.10. The lowest BCUT2D eigenvalue weighted by atomic mass is 10.1. The Morgan fingerprint density at radius 1 is 1.14 bits per heavy atom. The van der Waals surface area contributed by atoms with Gasteiger partial charge >= 0.3 is 6.18 Å². The average Bonchev–Trinajstić information content (AvgIpc) is 2.83. The third kappa shape index (κ3) is 2.01. The first-order valence-electron chi connectivity index (χ1n) is 6.76. The number of nitrogens with zero attached hydrogens (tertiary/aromatic N) is 2. The van der Waals surface area contributed by atoms with Crippen molar-refractivity contribution in [2.45, 2.75) is 24.0 Å². The summed E-state index contributed by atoms with van der Waals surface area (Å²) in [5, 5.41) is 0.827. The van der Waals surface area contributed by atoms with E-state index in [9.17, 15) is 13.2 Å². The Labute approximate surface area is 129 Å². The van der Waals surface area contributed by atoms with Gasteiger partial charge in [0, 0.05) is 5.75 Å². The standard InChI is InChI=1S/C16H11F3N2S/c1-9-2-4-12-14(6-9)21-13-5-3-11(16(17,18)19)7-10(13)8-22-15(21)20-12/h2-7H,8H2,1H3. The first-order chi connectivity index (χ1) is 10.4. The van der Waals surface area contributed by atoms with E-state index in [1.807, 2.05) is 29.7 Å². The predicted molar refractivity (Wildman–Crippen MR) is 80.4 cm³/mol. The number of hydrogen-bond donors (Lipinski definition) is 0. The molecule has 0 amide bonds. The highest BCUT2D eigenvalue weighted by molar-refractivity contribution is 7.98. The maximum atomic E-state index is 12.9. The molecule has 0 saturated carbocycles. The van der Waals surface area contributed by atoms with Gasteiger partial charge in [0.1, 0.15) is 0 Å². The van der Waals surface area contributed by atoms with Crippen LogP contribution in [0.15, 0.2) is 41.6 Å². The number of halogens is 3. The van der Waals surface area contributed by atoms with Crippen molar-refractivity contribution < 1.29 is 13.2 Å². The van der Waals surface area contributed by atoms with E-state index in [1.165, 1.54) is 17.8 Å². The molecular weight excluding hydrogens is 309 g/mol. The molecule has 22 heavy (non-hydrogen) atoms. The lowest BCUT2D eigenvalue weighted by Gasteiger charge is -2.20. The van der Waals surface area contributed by atoms with E-state index in [0.717, 1.165) is 33.5 Å². The van der Waals surface area contributed by atoms with Gasteiger partial charge in [0.05, 0.1) is 22.3 Å². The molecule has 112 valence electrons. The number of aromatic nitrogens is 2. The summed E-state index contributed by atoms with van der Waals surface area (Å²) >= 11 is 1.47. The summed E-state index contributed by atoms with van der Waals surface area (Å²) < 4.78 is 40.6. The Hall–Kier alpha value is -1.95. The Kier molecular flexibility index (Phi) is 2.81. The molecule has 6 heteroatoms. The van der Waals surface area contributed by atoms with Gasteiger partial charge in [0.2, 0.25) is 0 Å². The van der Waals surface area contributed by atoms with Crippen LogP contribution in [-0.4, -0.2) is 9.55 Å². The molecule has 2 aromatic carbocycles. The van der Waals surface area contributed by atoms with Crippen LogP contribution in [0.25, 0.3) is 16.7 Å². The number of imidazole rings is 1. The molecule has 4 rings (SSSR count). The second-order valence-corrected chi connectivity index (χ2v) is 6.29. The Morgan fingerprint density at radius 3 is 2.73 bits per heavy atom. The van der Waals surface area contributed by atoms with E-state index in [-0.39, 0.29) is 0 Å². The first kappa shape index (κ1) is 13.7. The molecule has 0 fully saturated rings. The second-order valence-electron chi connectivity index (χ2n) is 5.35. The number of alkyl halides is 3. The van der Waals surface area contributed by atoms with Gasteiger partial charge in [-0.25, -0.2) is 4.98 Å². The fourth-order valence-corrected chi connectivity index (χ4v) is 3.74. The topological polar surface area (TPSA) is 17.8 Å². The summed E-state index contributed by atoms with van der Waals surface area (Å²) in [5.41, 5.74) is 3.77. The molecule has 0 radical (unpaired) electrons. The van der Waals surface area contributed by atoms with Gasteiger partial charge in [0.25, 0.3) is 0 Å². The minimum absolute atomic E-state index is 0.502. The Balaban J connectivity index is 1.97. The molecule has 1 aliphatic rings. The number of benzene rings is 2. The molecule has 1 aromatic heterocycles. The molecule has 0 bridgehead atoms. The van der Waals surface area contributed by atoms with Gasteiger partial charge in [-0.1, -0.05) is 17.8 Å². The normalized spacial score (nSPS) is 14.0. The molecule has 0 spiro atoms. The average molecular weight is 320 g/mol. The highest BCUT2D eigenvalue weighted by atomic mass is 32.2. The van der Waals surface area contributed by atoms with E-state index in [0.29, 0.717) is 11.3 Å². The minimum Gasteiger partial charge on any atom is -0.287 e. The quantitative estimate of drug-likeness (QED) is 0.583. The number of rotatable bonds is 0. The van der Waals surface area contributed by atoms with E-state index in [2.05, 4.69) is 4.98 Å². The van der Waals surface area contributed by atoms with E-state index in [1.54, 1.807) is 6.07 Å². The van der Waals surface area contributed by atoms with Crippen LogP contribution in [0, 0.1) is 6.92 Å². The van der Waals surface area contributed by atoms with Crippen molar-refractivity contribution in [3.63, 3.8) is 0 Å². The molecule has 0 saturated heterocycles. The molecule has 0 N–H and O–H groups in total. The summed E-state index contributed by atoms with van der Waals surface area (Å²) in [6.45, 7) is 1.99. The molecular formula is C16H11F3N2S. The smallest absolute Gasteiger partial charge is 0.287 e. The predicted octanol–water partition coefficient (Wildman–Crippen LogP) is 4.96. The van der Waals surface area contributed by atoms with Crippen molar-refractivity contribution in [3.05, 3.63) is 53.1 Å². The number of fused-ring (bicyclic) bond motifs is 5. The minimum atomic E-state index is -4.31. The molecule has 0 atom stereocenters. The van der Waals surface area contributed by atoms with Crippen LogP contribution in [0.2, 0.25) is 0 Å². The largest absolute Gasteiger partial charge is 0.416 e. The third-order valence-electron chi connectivity index (χ3n) is 3.78. The third-order valence-corrected chi connectivity index (χ3v) is 4.77. The number of thioether (sulfide) groups is 1. The highest BCUT2D eigenvalue weighted by Gasteiger charge is 2.32. The van der Waals surface area contributed by atoms with Crippen molar-refractivity contribution in [1.29, 1.82) is 0 Å². The van der Waals surface area contributed by atoms with Gasteiger partial charge < -0.3 is 0 Å². The van der Waals surface area contributed by atoms with Gasteiger partial charge in [-0.05, 0) is 48.4 Å². The zero-order valence-electron chi connectivity index (χ0n) is 11.6. The molecule has 0 unspecified atom stereocenters. The first-order valence-corrected chi connectivity index (χ1v) is 7.74. The maximum Gasteiger partial charge on any atom is 0.416 e. The van der Waals surface area contributed by atoms with Crippen molar-refractivity contribution >= 4 is 22.8 Å². The van der Waals surface area contributed by atoms with Gasteiger partial charge in [-0.3, -0.25) is 4.57 Å². The molecule has 0 aliphatic carbocycles. The van der Waals surface area contributed by atoms with Crippen LogP contribution in [0.3, 0.4) is 0 Å². The highest BCUT2D eigenvalue weighted by Crippen LogP contribution is 2.39. The van der Waals surface area contributed by atoms with Crippen LogP contribution in [0.5, 0.6) is 0 Å². The van der Waals surface area contributed by atoms with Gasteiger partial charge in [-0.15, -0.1) is 0 Å². The van der Waals surface area contributed by atoms with Crippen LogP contribution in [0.1, 0.15) is 16.7 Å². The maximum absolute atomic E-state index is 12.9. The fourth-order valence-electron chi connectivity index (χ4n) is 2.73. The van der Waals surface area contributed by atoms with Crippen LogP contribution in [0.4, 0.5) is 13.2 Å². The molecule has 2 heterocycles. The van der Waals surface area contributed by atoms with Crippen LogP contribution < -0.4 is 0 Å². The summed E-state index contributed by atoms with van der Waals surface area (Å²) in [4.78, 5) is 4.57. The summed E-state index contributed by atoms with van der Waals surface area (Å²) in [6, 6.07) is 9.87. The summed E-state index contributed by atoms with van der Waals surface area (Å²) in [5.74, 6) is 0.502. The van der Waals surface area contributed by atoms with E-state index in [4.69, 9.17) is 0 Å². The van der Waals surface area contributed by atoms with Gasteiger partial charge in [0.15, 0.2) is 5.16 Å². The summed E-state index contributed by atoms with van der Waals surface area (Å²) in [6.07, 6.45) is -4.31. The fraction of sp³-hybridized carbons (Fsp3) is 0.188. The monoisotopic (exact) mass is 320 g/mol.